The van der Waals surface area contributed by atoms with Crippen LogP contribution < -0.4 is 10.1 Å². The van der Waals surface area contributed by atoms with Gasteiger partial charge in [-0.2, -0.15) is 0 Å². The molecular weight excluding hydrogens is 263 g/mol. The second-order valence-electron chi connectivity index (χ2n) is 3.82. The molecule has 19 heavy (non-hydrogen) atoms. The molecule has 1 rings (SSSR count). The van der Waals surface area contributed by atoms with Gasteiger partial charge in [0, 0.05) is 6.54 Å². The second-order valence-corrected chi connectivity index (χ2v) is 3.82. The Labute approximate surface area is 108 Å². The lowest BCUT2D eigenvalue weighted by Crippen LogP contribution is -2.34. The average Bonchev–Trinajstić information content (AvgIpc) is 2.34. The molecule has 106 valence electrons. The van der Waals surface area contributed by atoms with Gasteiger partial charge in [0.1, 0.15) is 11.8 Å². The molecule has 7 heteroatoms. The summed E-state index contributed by atoms with van der Waals surface area (Å²) in [6, 6.07) is 4.91. The number of hydrogen-bond donors (Lipinski definition) is 1. The Balaban J connectivity index is 2.51. The number of carbonyl (C=O) groups excluding carboxylic acids is 1. The molecule has 0 bridgehead atoms. The Hall–Kier alpha value is -1.76. The van der Waals surface area contributed by atoms with Crippen LogP contribution in [0.15, 0.2) is 24.3 Å². The fourth-order valence-corrected chi connectivity index (χ4v) is 1.34. The van der Waals surface area contributed by atoms with Crippen molar-refractivity contribution in [2.75, 3.05) is 7.11 Å². The van der Waals surface area contributed by atoms with Gasteiger partial charge in [-0.05, 0) is 24.6 Å². The predicted octanol–water partition coefficient (Wildman–Crippen LogP) is 2.24. The maximum atomic E-state index is 11.9. The number of alkyl halides is 3. The number of benzene rings is 1. The molecule has 1 aromatic carbocycles. The van der Waals surface area contributed by atoms with Crippen LogP contribution in [-0.4, -0.2) is 25.5 Å². The molecule has 4 nitrogen and oxygen atoms in total. The highest BCUT2D eigenvalue weighted by Gasteiger charge is 2.30. The third kappa shape index (κ3) is 5.60. The molecule has 0 aromatic heterocycles. The SMILES string of the molecule is COC(=O)[C@H](C)NCc1ccc(OC(F)(F)F)cc1. The van der Waals surface area contributed by atoms with Crippen molar-refractivity contribution < 1.29 is 27.4 Å². The standard InChI is InChI=1S/C12H14F3NO3/c1-8(11(17)18-2)16-7-9-3-5-10(6-4-9)19-12(13,14)15/h3-6,8,16H,7H2,1-2H3/t8-/m0/s1. The smallest absolute Gasteiger partial charge is 0.468 e. The summed E-state index contributed by atoms with van der Waals surface area (Å²) in [5, 5.41) is 2.88. The topological polar surface area (TPSA) is 47.6 Å². The molecular formula is C12H14F3NO3. The van der Waals surface area contributed by atoms with Crippen LogP contribution in [0, 0.1) is 0 Å². The molecule has 0 aliphatic carbocycles. The Morgan fingerprint density at radius 2 is 1.89 bits per heavy atom. The number of nitrogens with one attached hydrogen (secondary N) is 1. The number of rotatable bonds is 5. The van der Waals surface area contributed by atoms with Gasteiger partial charge >= 0.3 is 12.3 Å². The zero-order valence-corrected chi connectivity index (χ0v) is 10.5. The van der Waals surface area contributed by atoms with E-state index < -0.39 is 18.4 Å². The molecule has 1 aromatic rings. The maximum Gasteiger partial charge on any atom is 0.573 e. The van der Waals surface area contributed by atoms with Gasteiger partial charge in [-0.3, -0.25) is 4.79 Å². The second kappa shape index (κ2) is 6.42. The fraction of sp³-hybridized carbons (Fsp3) is 0.417. The molecule has 0 saturated carbocycles. The first kappa shape index (κ1) is 15.3. The van der Waals surface area contributed by atoms with E-state index >= 15 is 0 Å². The van der Waals surface area contributed by atoms with Crippen LogP contribution >= 0.6 is 0 Å². The van der Waals surface area contributed by atoms with Gasteiger partial charge in [-0.1, -0.05) is 12.1 Å². The molecule has 1 atom stereocenters. The summed E-state index contributed by atoms with van der Waals surface area (Å²) < 4.78 is 44.1. The highest BCUT2D eigenvalue weighted by molar-refractivity contribution is 5.75. The van der Waals surface area contributed by atoms with E-state index in [2.05, 4.69) is 14.8 Å². The first-order chi connectivity index (χ1) is 8.81. The van der Waals surface area contributed by atoms with E-state index in [1.54, 1.807) is 6.92 Å². The molecule has 0 aliphatic rings. The third-order valence-corrected chi connectivity index (χ3v) is 2.32. The summed E-state index contributed by atoms with van der Waals surface area (Å²) in [6.45, 7) is 1.97. The quantitative estimate of drug-likeness (QED) is 0.838. The number of esters is 1. The minimum absolute atomic E-state index is 0.280. The lowest BCUT2D eigenvalue weighted by Gasteiger charge is -2.12. The molecule has 0 amide bonds. The molecule has 0 aliphatic heterocycles. The highest BCUT2D eigenvalue weighted by atomic mass is 19.4. The zero-order valence-electron chi connectivity index (χ0n) is 10.5. The maximum absolute atomic E-state index is 11.9. The molecule has 0 unspecified atom stereocenters. The molecule has 1 N–H and O–H groups in total. The largest absolute Gasteiger partial charge is 0.573 e. The number of methoxy groups -OCH3 is 1. The lowest BCUT2D eigenvalue weighted by atomic mass is 10.2. The van der Waals surface area contributed by atoms with Crippen molar-refractivity contribution in [2.45, 2.75) is 25.9 Å². The number of halogens is 3. The van der Waals surface area contributed by atoms with E-state index in [9.17, 15) is 18.0 Å². The Bertz CT molecular complexity index is 417. The van der Waals surface area contributed by atoms with Crippen LogP contribution in [0.2, 0.25) is 0 Å². The van der Waals surface area contributed by atoms with Crippen LogP contribution in [0.4, 0.5) is 13.2 Å². The molecule has 0 saturated heterocycles. The molecule has 0 heterocycles. The first-order valence-electron chi connectivity index (χ1n) is 5.47. The molecule has 0 fully saturated rings. The number of hydrogen-bond acceptors (Lipinski definition) is 4. The average molecular weight is 277 g/mol. The van der Waals surface area contributed by atoms with Gasteiger partial charge in [-0.15, -0.1) is 13.2 Å². The van der Waals surface area contributed by atoms with E-state index in [1.165, 1.54) is 31.4 Å². The van der Waals surface area contributed by atoms with E-state index in [-0.39, 0.29) is 5.75 Å². The predicted molar refractivity (Wildman–Crippen MR) is 61.4 cm³/mol. The molecule has 0 radical (unpaired) electrons. The van der Waals surface area contributed by atoms with Gasteiger partial charge in [-0.25, -0.2) is 0 Å². The van der Waals surface area contributed by atoms with Crippen molar-refractivity contribution in [2.24, 2.45) is 0 Å². The summed E-state index contributed by atoms with van der Waals surface area (Å²) in [5.41, 5.74) is 0.727. The third-order valence-electron chi connectivity index (χ3n) is 2.32. The van der Waals surface area contributed by atoms with Crippen molar-refractivity contribution >= 4 is 5.97 Å². The summed E-state index contributed by atoms with van der Waals surface area (Å²) in [7, 11) is 1.28. The van der Waals surface area contributed by atoms with Crippen LogP contribution in [0.3, 0.4) is 0 Å². The minimum atomic E-state index is -4.70. The summed E-state index contributed by atoms with van der Waals surface area (Å²) in [4.78, 5) is 11.1. The van der Waals surface area contributed by atoms with Crippen LogP contribution in [-0.2, 0) is 16.1 Å². The van der Waals surface area contributed by atoms with E-state index in [4.69, 9.17) is 0 Å². The lowest BCUT2D eigenvalue weighted by molar-refractivity contribution is -0.274. The molecule has 0 spiro atoms. The van der Waals surface area contributed by atoms with E-state index in [0.717, 1.165) is 5.56 Å². The minimum Gasteiger partial charge on any atom is -0.468 e. The van der Waals surface area contributed by atoms with Crippen molar-refractivity contribution in [1.82, 2.24) is 5.32 Å². The number of ether oxygens (including phenoxy) is 2. The Kier molecular flexibility index (Phi) is 5.17. The van der Waals surface area contributed by atoms with Gasteiger partial charge in [0.05, 0.1) is 7.11 Å². The van der Waals surface area contributed by atoms with Crippen LogP contribution in [0.5, 0.6) is 5.75 Å². The highest BCUT2D eigenvalue weighted by Crippen LogP contribution is 2.22. The Morgan fingerprint density at radius 3 is 2.37 bits per heavy atom. The van der Waals surface area contributed by atoms with Crippen LogP contribution in [0.25, 0.3) is 0 Å². The van der Waals surface area contributed by atoms with Gasteiger partial charge in [0.15, 0.2) is 0 Å². The monoisotopic (exact) mass is 277 g/mol. The van der Waals surface area contributed by atoms with Crippen LogP contribution in [0.1, 0.15) is 12.5 Å². The summed E-state index contributed by atoms with van der Waals surface area (Å²) in [6.07, 6.45) is -4.70. The van der Waals surface area contributed by atoms with E-state index in [1.807, 2.05) is 0 Å². The normalized spacial score (nSPS) is 12.9. The van der Waals surface area contributed by atoms with Crippen molar-refractivity contribution in [1.29, 1.82) is 0 Å². The zero-order chi connectivity index (χ0) is 14.5. The van der Waals surface area contributed by atoms with Crippen molar-refractivity contribution in [3.8, 4) is 5.75 Å². The summed E-state index contributed by atoms with van der Waals surface area (Å²) >= 11 is 0. The van der Waals surface area contributed by atoms with Crippen molar-refractivity contribution in [3.63, 3.8) is 0 Å². The fourth-order valence-electron chi connectivity index (χ4n) is 1.34. The van der Waals surface area contributed by atoms with E-state index in [0.29, 0.717) is 6.54 Å². The van der Waals surface area contributed by atoms with Gasteiger partial charge in [0.2, 0.25) is 0 Å². The van der Waals surface area contributed by atoms with Gasteiger partial charge < -0.3 is 14.8 Å². The first-order valence-corrected chi connectivity index (χ1v) is 5.47. The number of carbonyl (C=O) groups is 1. The van der Waals surface area contributed by atoms with Crippen molar-refractivity contribution in [3.05, 3.63) is 29.8 Å². The Morgan fingerprint density at radius 1 is 1.32 bits per heavy atom. The van der Waals surface area contributed by atoms with Gasteiger partial charge in [0.25, 0.3) is 0 Å². The summed E-state index contributed by atoms with van der Waals surface area (Å²) in [5.74, 6) is -0.686.